The van der Waals surface area contributed by atoms with Crippen molar-refractivity contribution in [2.24, 2.45) is 11.8 Å². The number of hydrogen-bond donors (Lipinski definition) is 1. The Morgan fingerprint density at radius 1 is 1.35 bits per heavy atom. The topological polar surface area (TPSA) is 55.2 Å². The van der Waals surface area contributed by atoms with Crippen molar-refractivity contribution in [2.75, 3.05) is 6.54 Å². The highest BCUT2D eigenvalue weighted by Crippen LogP contribution is 2.28. The number of nitrogens with zero attached hydrogens (tertiary/aromatic N) is 1. The molecule has 1 saturated carbocycles. The van der Waals surface area contributed by atoms with Crippen LogP contribution < -0.4 is 5.32 Å². The first-order valence-corrected chi connectivity index (χ1v) is 7.57. The van der Waals surface area contributed by atoms with Crippen molar-refractivity contribution in [3.8, 4) is 0 Å². The van der Waals surface area contributed by atoms with Gasteiger partial charge in [-0.1, -0.05) is 31.4 Å². The van der Waals surface area contributed by atoms with Crippen LogP contribution in [0, 0.1) is 22.0 Å². The van der Waals surface area contributed by atoms with Crippen molar-refractivity contribution in [2.45, 2.75) is 39.2 Å². The quantitative estimate of drug-likeness (QED) is 0.655. The summed E-state index contributed by atoms with van der Waals surface area (Å²) in [7, 11) is 0. The van der Waals surface area contributed by atoms with E-state index >= 15 is 0 Å². The van der Waals surface area contributed by atoms with Crippen LogP contribution in [0.4, 0.5) is 5.69 Å². The predicted molar refractivity (Wildman–Crippen MR) is 80.9 cm³/mol. The summed E-state index contributed by atoms with van der Waals surface area (Å²) in [6, 6.07) is 4.85. The Balaban J connectivity index is 1.86. The molecule has 20 heavy (non-hydrogen) atoms. The van der Waals surface area contributed by atoms with Gasteiger partial charge >= 0.3 is 0 Å². The Kier molecular flexibility index (Phi) is 5.38. The molecule has 0 aromatic heterocycles. The highest BCUT2D eigenvalue weighted by molar-refractivity contribution is 6.30. The summed E-state index contributed by atoms with van der Waals surface area (Å²) < 4.78 is 0. The molecule has 0 atom stereocenters. The van der Waals surface area contributed by atoms with E-state index in [1.807, 2.05) is 0 Å². The molecule has 0 bridgehead atoms. The maximum atomic E-state index is 11.0. The van der Waals surface area contributed by atoms with E-state index in [-0.39, 0.29) is 10.6 Å². The maximum absolute atomic E-state index is 11.0. The van der Waals surface area contributed by atoms with E-state index in [1.54, 1.807) is 12.1 Å². The minimum absolute atomic E-state index is 0.0993. The monoisotopic (exact) mass is 296 g/mol. The average Bonchev–Trinajstić information content (AvgIpc) is 2.42. The van der Waals surface area contributed by atoms with Gasteiger partial charge in [-0.3, -0.25) is 10.1 Å². The van der Waals surface area contributed by atoms with Crippen molar-refractivity contribution < 1.29 is 4.92 Å². The van der Waals surface area contributed by atoms with E-state index in [0.29, 0.717) is 23.0 Å². The molecule has 1 N–H and O–H groups in total. The third-order valence-corrected chi connectivity index (χ3v) is 4.36. The SMILES string of the molecule is CC1CCC(CNCc2ccc(Cl)cc2[N+](=O)[O-])CC1. The predicted octanol–water partition coefficient (Wildman–Crippen LogP) is 4.16. The first-order valence-electron chi connectivity index (χ1n) is 7.20. The van der Waals surface area contributed by atoms with Crippen molar-refractivity contribution in [3.63, 3.8) is 0 Å². The lowest BCUT2D eigenvalue weighted by Crippen LogP contribution is -2.26. The average molecular weight is 297 g/mol. The maximum Gasteiger partial charge on any atom is 0.275 e. The largest absolute Gasteiger partial charge is 0.312 e. The number of halogens is 1. The number of hydrogen-bond acceptors (Lipinski definition) is 3. The third kappa shape index (κ3) is 4.18. The van der Waals surface area contributed by atoms with E-state index < -0.39 is 0 Å². The summed E-state index contributed by atoms with van der Waals surface area (Å²) in [5.41, 5.74) is 0.797. The van der Waals surface area contributed by atoms with Crippen LogP contribution in [0.1, 0.15) is 38.2 Å². The fourth-order valence-electron chi connectivity index (χ4n) is 2.80. The van der Waals surface area contributed by atoms with E-state index in [4.69, 9.17) is 11.6 Å². The Morgan fingerprint density at radius 3 is 2.70 bits per heavy atom. The third-order valence-electron chi connectivity index (χ3n) is 4.13. The zero-order chi connectivity index (χ0) is 14.5. The minimum Gasteiger partial charge on any atom is -0.312 e. The van der Waals surface area contributed by atoms with Crippen LogP contribution in [0.15, 0.2) is 18.2 Å². The lowest BCUT2D eigenvalue weighted by atomic mass is 9.83. The minimum atomic E-state index is -0.370. The Morgan fingerprint density at radius 2 is 2.05 bits per heavy atom. The lowest BCUT2D eigenvalue weighted by molar-refractivity contribution is -0.385. The van der Waals surface area contributed by atoms with Gasteiger partial charge in [0.05, 0.1) is 4.92 Å². The smallest absolute Gasteiger partial charge is 0.275 e. The molecule has 0 heterocycles. The fourth-order valence-corrected chi connectivity index (χ4v) is 2.97. The van der Waals surface area contributed by atoms with E-state index in [1.165, 1.54) is 31.7 Å². The first-order chi connectivity index (χ1) is 9.56. The molecule has 110 valence electrons. The second-order valence-corrected chi connectivity index (χ2v) is 6.22. The van der Waals surface area contributed by atoms with Gasteiger partial charge < -0.3 is 5.32 Å². The standard InChI is InChI=1S/C15H21ClN2O2/c1-11-2-4-12(5-3-11)9-17-10-13-6-7-14(16)8-15(13)18(19)20/h6-8,11-12,17H,2-5,9-10H2,1H3. The van der Waals surface area contributed by atoms with Crippen LogP contribution in [-0.4, -0.2) is 11.5 Å². The molecule has 2 rings (SSSR count). The van der Waals surface area contributed by atoms with Crippen LogP contribution in [0.2, 0.25) is 5.02 Å². The molecule has 1 aliphatic carbocycles. The number of nitrogens with one attached hydrogen (secondary N) is 1. The van der Waals surface area contributed by atoms with Crippen LogP contribution in [0.25, 0.3) is 0 Å². The van der Waals surface area contributed by atoms with Crippen molar-refractivity contribution in [1.82, 2.24) is 5.32 Å². The molecule has 0 aliphatic heterocycles. The van der Waals surface area contributed by atoms with Gasteiger partial charge in [-0.15, -0.1) is 0 Å². The van der Waals surface area contributed by atoms with E-state index in [9.17, 15) is 10.1 Å². The van der Waals surface area contributed by atoms with Gasteiger partial charge in [0.1, 0.15) is 0 Å². The Hall–Kier alpha value is -1.13. The molecule has 1 fully saturated rings. The molecule has 4 nitrogen and oxygen atoms in total. The van der Waals surface area contributed by atoms with Gasteiger partial charge in [0.25, 0.3) is 5.69 Å². The van der Waals surface area contributed by atoms with Crippen LogP contribution in [0.5, 0.6) is 0 Å². The second kappa shape index (κ2) is 7.04. The second-order valence-electron chi connectivity index (χ2n) is 5.79. The summed E-state index contributed by atoms with van der Waals surface area (Å²) >= 11 is 5.81. The molecular weight excluding hydrogens is 276 g/mol. The number of nitro benzene ring substituents is 1. The van der Waals surface area contributed by atoms with Crippen molar-refractivity contribution in [3.05, 3.63) is 38.9 Å². The van der Waals surface area contributed by atoms with Gasteiger partial charge in [0, 0.05) is 23.2 Å². The van der Waals surface area contributed by atoms with Crippen LogP contribution >= 0.6 is 11.6 Å². The molecule has 1 aromatic carbocycles. The van der Waals surface area contributed by atoms with Crippen LogP contribution in [-0.2, 0) is 6.54 Å². The molecule has 1 aliphatic rings. The summed E-state index contributed by atoms with van der Waals surface area (Å²) in [6.45, 7) is 3.77. The highest BCUT2D eigenvalue weighted by atomic mass is 35.5. The highest BCUT2D eigenvalue weighted by Gasteiger charge is 2.18. The normalized spacial score (nSPS) is 22.7. The van der Waals surface area contributed by atoms with Crippen LogP contribution in [0.3, 0.4) is 0 Å². The summed E-state index contributed by atoms with van der Waals surface area (Å²) in [4.78, 5) is 10.6. The molecule has 0 unspecified atom stereocenters. The molecular formula is C15H21ClN2O2. The number of rotatable bonds is 5. The molecule has 0 amide bonds. The van der Waals surface area contributed by atoms with Gasteiger partial charge in [0.2, 0.25) is 0 Å². The number of benzene rings is 1. The summed E-state index contributed by atoms with van der Waals surface area (Å²) in [5, 5.41) is 14.8. The first kappa shape index (κ1) is 15.3. The zero-order valence-corrected chi connectivity index (χ0v) is 12.5. The zero-order valence-electron chi connectivity index (χ0n) is 11.8. The van der Waals surface area contributed by atoms with Gasteiger partial charge in [-0.2, -0.15) is 0 Å². The summed E-state index contributed by atoms with van der Waals surface area (Å²) in [5.74, 6) is 1.56. The van der Waals surface area contributed by atoms with Gasteiger partial charge in [0.15, 0.2) is 0 Å². The molecule has 0 saturated heterocycles. The van der Waals surface area contributed by atoms with Gasteiger partial charge in [-0.05, 0) is 43.4 Å². The summed E-state index contributed by atoms with van der Waals surface area (Å²) in [6.07, 6.45) is 5.12. The molecule has 1 aromatic rings. The number of nitro groups is 1. The van der Waals surface area contributed by atoms with Gasteiger partial charge in [-0.25, -0.2) is 0 Å². The molecule has 5 heteroatoms. The van der Waals surface area contributed by atoms with E-state index in [2.05, 4.69) is 12.2 Å². The van der Waals surface area contributed by atoms with E-state index in [0.717, 1.165) is 12.5 Å². The lowest BCUT2D eigenvalue weighted by Gasteiger charge is -2.26. The Labute approximate surface area is 124 Å². The van der Waals surface area contributed by atoms with Crippen molar-refractivity contribution >= 4 is 17.3 Å². The Bertz CT molecular complexity index is 471. The molecule has 0 radical (unpaired) electrons. The fraction of sp³-hybridized carbons (Fsp3) is 0.600. The molecule has 0 spiro atoms. The van der Waals surface area contributed by atoms with Crippen molar-refractivity contribution in [1.29, 1.82) is 0 Å².